The number of anilines is 1. The van der Waals surface area contributed by atoms with E-state index in [4.69, 9.17) is 0 Å². The standard InChI is InChI=1S/C27H29N3O5S/c1-2-26(22-13-12-20-8-6-7-9-21(20)18-22)28-27(31)19-29(23-14-16-24(17-15-23)30(32)33)36(34,35)25-10-4-3-5-11-25/h3-5,10-18,26H,2,6-9,19H2,1H3,(H,28,31)/t26-/m1/s1. The topological polar surface area (TPSA) is 110 Å². The molecule has 0 aromatic heterocycles. The van der Waals surface area contributed by atoms with E-state index in [0.29, 0.717) is 6.42 Å². The van der Waals surface area contributed by atoms with Gasteiger partial charge in [-0.3, -0.25) is 19.2 Å². The van der Waals surface area contributed by atoms with Gasteiger partial charge in [0, 0.05) is 12.1 Å². The van der Waals surface area contributed by atoms with Crippen molar-refractivity contribution in [2.24, 2.45) is 0 Å². The Morgan fingerprint density at radius 2 is 1.67 bits per heavy atom. The molecule has 0 unspecified atom stereocenters. The fourth-order valence-corrected chi connectivity index (χ4v) is 5.98. The van der Waals surface area contributed by atoms with Gasteiger partial charge in [0.2, 0.25) is 5.91 Å². The summed E-state index contributed by atoms with van der Waals surface area (Å²) in [4.78, 5) is 23.7. The maximum atomic E-state index is 13.5. The van der Waals surface area contributed by atoms with E-state index < -0.39 is 27.4 Å². The lowest BCUT2D eigenvalue weighted by molar-refractivity contribution is -0.384. The SMILES string of the molecule is CC[C@@H](NC(=O)CN(c1ccc([N+](=O)[O-])cc1)S(=O)(=O)c1ccccc1)c1ccc2c(c1)CCCC2. The number of carbonyl (C=O) groups excluding carboxylic acids is 1. The zero-order valence-electron chi connectivity index (χ0n) is 20.1. The third-order valence-electron chi connectivity index (χ3n) is 6.49. The van der Waals surface area contributed by atoms with E-state index in [9.17, 15) is 23.3 Å². The van der Waals surface area contributed by atoms with Gasteiger partial charge in [-0.25, -0.2) is 8.42 Å². The summed E-state index contributed by atoms with van der Waals surface area (Å²) < 4.78 is 28.0. The Morgan fingerprint density at radius 1 is 1.00 bits per heavy atom. The van der Waals surface area contributed by atoms with Gasteiger partial charge in [-0.1, -0.05) is 43.3 Å². The number of nitrogens with one attached hydrogen (secondary N) is 1. The number of carbonyl (C=O) groups is 1. The zero-order valence-corrected chi connectivity index (χ0v) is 20.9. The highest BCUT2D eigenvalue weighted by molar-refractivity contribution is 7.92. The van der Waals surface area contributed by atoms with Crippen LogP contribution in [0.25, 0.3) is 0 Å². The van der Waals surface area contributed by atoms with Gasteiger partial charge in [0.05, 0.1) is 21.5 Å². The van der Waals surface area contributed by atoms with Crippen molar-refractivity contribution in [1.82, 2.24) is 5.32 Å². The molecule has 1 amide bonds. The molecular formula is C27H29N3O5S. The van der Waals surface area contributed by atoms with Crippen LogP contribution in [0.2, 0.25) is 0 Å². The van der Waals surface area contributed by atoms with E-state index in [1.54, 1.807) is 18.2 Å². The highest BCUT2D eigenvalue weighted by Crippen LogP contribution is 2.28. The summed E-state index contributed by atoms with van der Waals surface area (Å²) in [6.07, 6.45) is 5.08. The number of nitrogens with zero attached hydrogens (tertiary/aromatic N) is 2. The van der Waals surface area contributed by atoms with Crippen LogP contribution in [-0.4, -0.2) is 25.8 Å². The fourth-order valence-electron chi connectivity index (χ4n) is 4.54. The van der Waals surface area contributed by atoms with E-state index in [1.165, 1.54) is 53.9 Å². The monoisotopic (exact) mass is 507 g/mol. The molecule has 8 nitrogen and oxygen atoms in total. The van der Waals surface area contributed by atoms with Crippen LogP contribution in [0.1, 0.15) is 48.9 Å². The molecular weight excluding hydrogens is 478 g/mol. The first kappa shape index (κ1) is 25.4. The molecule has 0 saturated carbocycles. The van der Waals surface area contributed by atoms with Crippen LogP contribution in [0.5, 0.6) is 0 Å². The van der Waals surface area contributed by atoms with Crippen LogP contribution in [-0.2, 0) is 27.7 Å². The van der Waals surface area contributed by atoms with Crippen molar-refractivity contribution in [3.8, 4) is 0 Å². The molecule has 1 atom stereocenters. The molecule has 1 aliphatic carbocycles. The Bertz CT molecular complexity index is 1340. The highest BCUT2D eigenvalue weighted by Gasteiger charge is 2.28. The highest BCUT2D eigenvalue weighted by atomic mass is 32.2. The number of nitro groups is 1. The number of aryl methyl sites for hydroxylation is 2. The Kier molecular flexibility index (Phi) is 7.69. The molecule has 188 valence electrons. The molecule has 0 radical (unpaired) electrons. The number of benzene rings is 3. The molecule has 0 fully saturated rings. The van der Waals surface area contributed by atoms with E-state index >= 15 is 0 Å². The lowest BCUT2D eigenvalue weighted by atomic mass is 9.89. The largest absolute Gasteiger partial charge is 0.348 e. The van der Waals surface area contributed by atoms with Crippen LogP contribution >= 0.6 is 0 Å². The summed E-state index contributed by atoms with van der Waals surface area (Å²) in [5, 5.41) is 14.1. The molecule has 0 saturated heterocycles. The van der Waals surface area contributed by atoms with Gasteiger partial charge in [-0.2, -0.15) is 0 Å². The fraction of sp³-hybridized carbons (Fsp3) is 0.296. The van der Waals surface area contributed by atoms with Crippen LogP contribution in [0.3, 0.4) is 0 Å². The van der Waals surface area contributed by atoms with Gasteiger partial charge in [-0.05, 0) is 73.1 Å². The lowest BCUT2D eigenvalue weighted by Gasteiger charge is -2.26. The molecule has 0 bridgehead atoms. The van der Waals surface area contributed by atoms with Crippen LogP contribution in [0.15, 0.2) is 77.7 Å². The van der Waals surface area contributed by atoms with Crippen molar-refractivity contribution < 1.29 is 18.1 Å². The maximum Gasteiger partial charge on any atom is 0.269 e. The van der Waals surface area contributed by atoms with Gasteiger partial charge in [0.1, 0.15) is 6.54 Å². The lowest BCUT2D eigenvalue weighted by Crippen LogP contribution is -2.42. The normalized spacial score (nSPS) is 13.9. The van der Waals surface area contributed by atoms with E-state index in [-0.39, 0.29) is 22.3 Å². The molecule has 36 heavy (non-hydrogen) atoms. The first-order chi connectivity index (χ1) is 17.3. The first-order valence-electron chi connectivity index (χ1n) is 12.0. The predicted molar refractivity (Wildman–Crippen MR) is 138 cm³/mol. The summed E-state index contributed by atoms with van der Waals surface area (Å²) in [5.41, 5.74) is 3.66. The van der Waals surface area contributed by atoms with Crippen LogP contribution < -0.4 is 9.62 Å². The smallest absolute Gasteiger partial charge is 0.269 e. The van der Waals surface area contributed by atoms with E-state index in [2.05, 4.69) is 17.4 Å². The number of amides is 1. The summed E-state index contributed by atoms with van der Waals surface area (Å²) in [5.74, 6) is -0.461. The summed E-state index contributed by atoms with van der Waals surface area (Å²) in [6.45, 7) is 1.51. The van der Waals surface area contributed by atoms with Crippen molar-refractivity contribution in [1.29, 1.82) is 0 Å². The maximum absolute atomic E-state index is 13.5. The van der Waals surface area contributed by atoms with Crippen molar-refractivity contribution in [2.75, 3.05) is 10.8 Å². The quantitative estimate of drug-likeness (QED) is 0.326. The summed E-state index contributed by atoms with van der Waals surface area (Å²) in [7, 11) is -4.10. The number of nitro benzene ring substituents is 1. The van der Waals surface area contributed by atoms with Gasteiger partial charge >= 0.3 is 0 Å². The van der Waals surface area contributed by atoms with Crippen LogP contribution in [0.4, 0.5) is 11.4 Å². The molecule has 9 heteroatoms. The van der Waals surface area contributed by atoms with E-state index in [0.717, 1.165) is 29.1 Å². The molecule has 4 rings (SSSR count). The third-order valence-corrected chi connectivity index (χ3v) is 8.27. The first-order valence-corrected chi connectivity index (χ1v) is 13.5. The number of non-ortho nitro benzene ring substituents is 1. The molecule has 3 aromatic carbocycles. The minimum absolute atomic E-state index is 0.0258. The van der Waals surface area contributed by atoms with Gasteiger partial charge < -0.3 is 5.32 Å². The van der Waals surface area contributed by atoms with Crippen molar-refractivity contribution >= 4 is 27.3 Å². The molecule has 1 aliphatic rings. The predicted octanol–water partition coefficient (Wildman–Crippen LogP) is 4.94. The van der Waals surface area contributed by atoms with Crippen LogP contribution in [0, 0.1) is 10.1 Å². The second-order valence-electron chi connectivity index (χ2n) is 8.86. The Labute approximate surface area is 211 Å². The summed E-state index contributed by atoms with van der Waals surface area (Å²) >= 11 is 0. The Hall–Kier alpha value is -3.72. The number of hydrogen-bond acceptors (Lipinski definition) is 5. The molecule has 3 aromatic rings. The minimum atomic E-state index is -4.10. The summed E-state index contributed by atoms with van der Waals surface area (Å²) in [6, 6.07) is 19.0. The number of rotatable bonds is 9. The number of sulfonamides is 1. The number of fused-ring (bicyclic) bond motifs is 1. The molecule has 0 spiro atoms. The molecule has 0 aliphatic heterocycles. The average molecular weight is 508 g/mol. The van der Waals surface area contributed by atoms with Gasteiger partial charge in [-0.15, -0.1) is 0 Å². The second-order valence-corrected chi connectivity index (χ2v) is 10.7. The van der Waals surface area contributed by atoms with E-state index in [1.807, 2.05) is 13.0 Å². The van der Waals surface area contributed by atoms with Gasteiger partial charge in [0.15, 0.2) is 0 Å². The third kappa shape index (κ3) is 5.57. The van der Waals surface area contributed by atoms with Gasteiger partial charge in [0.25, 0.3) is 15.7 Å². The zero-order chi connectivity index (χ0) is 25.7. The Morgan fingerprint density at radius 3 is 2.31 bits per heavy atom. The molecule has 0 heterocycles. The minimum Gasteiger partial charge on any atom is -0.348 e. The van der Waals surface area contributed by atoms with Crippen molar-refractivity contribution in [3.63, 3.8) is 0 Å². The molecule has 1 N–H and O–H groups in total. The Balaban J connectivity index is 1.60. The number of hydrogen-bond donors (Lipinski definition) is 1. The average Bonchev–Trinajstić information content (AvgIpc) is 2.90. The van der Waals surface area contributed by atoms with Crippen molar-refractivity contribution in [3.05, 3.63) is 99.6 Å². The van der Waals surface area contributed by atoms with Crippen molar-refractivity contribution in [2.45, 2.75) is 50.0 Å². The second kappa shape index (κ2) is 10.9.